The van der Waals surface area contributed by atoms with Gasteiger partial charge in [-0.05, 0) is 0 Å². The van der Waals surface area contributed by atoms with Crippen molar-refractivity contribution in [3.05, 3.63) is 21.5 Å². The standard InChI is InChI=1S/C11H17NSe/c1-11(12,9-5-2-3-6-9)10-7-4-8-13-10/h4,7-9H,2-3,5-6,12H2,1H3. The SMILES string of the molecule is CC(N)(c1ccc[se]1)C1CCCC1. The number of hydrogen-bond acceptors (Lipinski definition) is 1. The van der Waals surface area contributed by atoms with E-state index in [1.54, 1.807) is 0 Å². The molecule has 1 fully saturated rings. The van der Waals surface area contributed by atoms with Crippen LogP contribution >= 0.6 is 0 Å². The molecule has 2 N–H and O–H groups in total. The van der Waals surface area contributed by atoms with Crippen molar-refractivity contribution in [1.29, 1.82) is 0 Å². The van der Waals surface area contributed by atoms with E-state index >= 15 is 0 Å². The first kappa shape index (κ1) is 9.51. The van der Waals surface area contributed by atoms with Crippen LogP contribution in [0.4, 0.5) is 0 Å². The second-order valence-electron chi connectivity index (χ2n) is 4.24. The van der Waals surface area contributed by atoms with Gasteiger partial charge in [0.2, 0.25) is 0 Å². The molecule has 0 spiro atoms. The Labute approximate surface area is 86.1 Å². The zero-order valence-corrected chi connectivity index (χ0v) is 9.84. The quantitative estimate of drug-likeness (QED) is 0.790. The molecule has 1 saturated carbocycles. The number of nitrogens with two attached hydrogens (primary N) is 1. The maximum absolute atomic E-state index is 6.43. The molecule has 2 rings (SSSR count). The number of rotatable bonds is 2. The minimum absolute atomic E-state index is 0.0139. The van der Waals surface area contributed by atoms with Crippen molar-refractivity contribution in [1.82, 2.24) is 0 Å². The molecular weight excluding hydrogens is 225 g/mol. The molecule has 0 aromatic carbocycles. The first-order valence-electron chi connectivity index (χ1n) is 5.04. The van der Waals surface area contributed by atoms with E-state index in [0.717, 1.165) is 5.92 Å². The van der Waals surface area contributed by atoms with Crippen LogP contribution in [0.15, 0.2) is 17.1 Å². The van der Waals surface area contributed by atoms with Crippen molar-refractivity contribution >= 4 is 14.5 Å². The van der Waals surface area contributed by atoms with Crippen LogP contribution in [0.2, 0.25) is 0 Å². The van der Waals surface area contributed by atoms with Gasteiger partial charge in [0.15, 0.2) is 0 Å². The minimum atomic E-state index is -0.0139. The van der Waals surface area contributed by atoms with Crippen molar-refractivity contribution in [2.45, 2.75) is 38.1 Å². The first-order valence-corrected chi connectivity index (χ1v) is 6.88. The van der Waals surface area contributed by atoms with E-state index in [4.69, 9.17) is 5.73 Å². The van der Waals surface area contributed by atoms with Crippen LogP contribution in [-0.4, -0.2) is 14.5 Å². The van der Waals surface area contributed by atoms with Crippen molar-refractivity contribution in [3.8, 4) is 0 Å². The summed E-state index contributed by atoms with van der Waals surface area (Å²) >= 11 is 0.534. The van der Waals surface area contributed by atoms with Crippen LogP contribution in [-0.2, 0) is 5.54 Å². The second kappa shape index (κ2) is 3.61. The van der Waals surface area contributed by atoms with E-state index < -0.39 is 0 Å². The average Bonchev–Trinajstić information content (AvgIpc) is 2.78. The third-order valence-electron chi connectivity index (χ3n) is 3.26. The predicted octanol–water partition coefficient (Wildman–Crippen LogP) is 2.11. The van der Waals surface area contributed by atoms with E-state index in [1.807, 2.05) is 0 Å². The summed E-state index contributed by atoms with van der Waals surface area (Å²) < 4.78 is 1.49. The summed E-state index contributed by atoms with van der Waals surface area (Å²) in [5.41, 5.74) is 6.42. The molecule has 1 aliphatic carbocycles. The summed E-state index contributed by atoms with van der Waals surface area (Å²) in [6.07, 6.45) is 5.43. The van der Waals surface area contributed by atoms with Crippen LogP contribution < -0.4 is 5.73 Å². The van der Waals surface area contributed by atoms with Crippen molar-refractivity contribution in [3.63, 3.8) is 0 Å². The summed E-state index contributed by atoms with van der Waals surface area (Å²) in [6, 6.07) is 4.40. The van der Waals surface area contributed by atoms with Gasteiger partial charge in [-0.25, -0.2) is 0 Å². The molecule has 1 atom stereocenters. The molecule has 1 unspecified atom stereocenters. The fourth-order valence-corrected chi connectivity index (χ4v) is 4.16. The third-order valence-corrected chi connectivity index (χ3v) is 5.61. The molecule has 13 heavy (non-hydrogen) atoms. The summed E-state index contributed by atoms with van der Waals surface area (Å²) in [6.45, 7) is 2.23. The van der Waals surface area contributed by atoms with Crippen LogP contribution in [0.25, 0.3) is 0 Å². The van der Waals surface area contributed by atoms with Gasteiger partial charge in [-0.1, -0.05) is 0 Å². The normalized spacial score (nSPS) is 23.2. The Bertz CT molecular complexity index is 258. The zero-order chi connectivity index (χ0) is 9.31. The van der Waals surface area contributed by atoms with Crippen molar-refractivity contribution < 1.29 is 0 Å². The molecule has 1 aromatic rings. The molecule has 1 aromatic heterocycles. The summed E-state index contributed by atoms with van der Waals surface area (Å²) in [7, 11) is 0. The van der Waals surface area contributed by atoms with Gasteiger partial charge in [0.05, 0.1) is 0 Å². The Morgan fingerprint density at radius 3 is 2.69 bits per heavy atom. The topological polar surface area (TPSA) is 26.0 Å². The molecular formula is C11H17NSe. The molecule has 2 heteroatoms. The zero-order valence-electron chi connectivity index (χ0n) is 8.12. The fourth-order valence-electron chi connectivity index (χ4n) is 2.31. The molecule has 0 radical (unpaired) electrons. The van der Waals surface area contributed by atoms with Gasteiger partial charge in [-0.3, -0.25) is 0 Å². The van der Waals surface area contributed by atoms with Gasteiger partial charge >= 0.3 is 85.8 Å². The van der Waals surface area contributed by atoms with E-state index in [9.17, 15) is 0 Å². The van der Waals surface area contributed by atoms with Crippen molar-refractivity contribution in [2.24, 2.45) is 11.7 Å². The van der Waals surface area contributed by atoms with E-state index in [2.05, 4.69) is 24.0 Å². The Balaban J connectivity index is 2.19. The van der Waals surface area contributed by atoms with E-state index in [1.165, 1.54) is 30.1 Å². The van der Waals surface area contributed by atoms with Gasteiger partial charge in [0.1, 0.15) is 0 Å². The molecule has 0 bridgehead atoms. The van der Waals surface area contributed by atoms with Crippen LogP contribution in [0, 0.1) is 5.92 Å². The summed E-state index contributed by atoms with van der Waals surface area (Å²) in [4.78, 5) is 2.27. The second-order valence-corrected chi connectivity index (χ2v) is 6.23. The van der Waals surface area contributed by atoms with Gasteiger partial charge in [-0.15, -0.1) is 0 Å². The van der Waals surface area contributed by atoms with Crippen LogP contribution in [0.5, 0.6) is 0 Å². The molecule has 1 heterocycles. The van der Waals surface area contributed by atoms with Gasteiger partial charge in [-0.2, -0.15) is 0 Å². The van der Waals surface area contributed by atoms with Crippen LogP contribution in [0.3, 0.4) is 0 Å². The molecule has 1 nitrogen and oxygen atoms in total. The Hall–Kier alpha value is -0.0405. The van der Waals surface area contributed by atoms with Gasteiger partial charge in [0, 0.05) is 0 Å². The molecule has 0 amide bonds. The van der Waals surface area contributed by atoms with Gasteiger partial charge in [0.25, 0.3) is 0 Å². The monoisotopic (exact) mass is 243 g/mol. The summed E-state index contributed by atoms with van der Waals surface area (Å²) in [5, 5.41) is 0. The Kier molecular flexibility index (Phi) is 2.64. The van der Waals surface area contributed by atoms with E-state index in [0.29, 0.717) is 14.5 Å². The number of hydrogen-bond donors (Lipinski definition) is 1. The molecule has 0 aliphatic heterocycles. The average molecular weight is 242 g/mol. The van der Waals surface area contributed by atoms with E-state index in [-0.39, 0.29) is 5.54 Å². The van der Waals surface area contributed by atoms with Gasteiger partial charge < -0.3 is 0 Å². The van der Waals surface area contributed by atoms with Crippen LogP contribution in [0.1, 0.15) is 37.0 Å². The molecule has 1 aliphatic rings. The third kappa shape index (κ3) is 1.76. The first-order chi connectivity index (χ1) is 6.21. The maximum atomic E-state index is 6.43. The fraction of sp³-hybridized carbons (Fsp3) is 0.636. The Morgan fingerprint density at radius 2 is 2.15 bits per heavy atom. The predicted molar refractivity (Wildman–Crippen MR) is 56.9 cm³/mol. The van der Waals surface area contributed by atoms with Crippen molar-refractivity contribution in [2.75, 3.05) is 0 Å². The molecule has 72 valence electrons. The Morgan fingerprint density at radius 1 is 1.46 bits per heavy atom. The molecule has 0 saturated heterocycles. The summed E-state index contributed by atoms with van der Waals surface area (Å²) in [5.74, 6) is 0.737.